The first-order valence-corrected chi connectivity index (χ1v) is 3.78. The van der Waals surface area contributed by atoms with Crippen LogP contribution in [0.1, 0.15) is 0 Å². The van der Waals surface area contributed by atoms with Crippen LogP contribution in [0, 0.1) is 0 Å². The Hall–Kier alpha value is -1.14. The van der Waals surface area contributed by atoms with Gasteiger partial charge in [0.15, 0.2) is 0 Å². The predicted octanol–water partition coefficient (Wildman–Crippen LogP) is -0.937. The van der Waals surface area contributed by atoms with Crippen molar-refractivity contribution in [2.24, 2.45) is 11.5 Å². The molecule has 14 heteroatoms. The highest BCUT2D eigenvalue weighted by atomic mass is 35.5. The monoisotopic (exact) mass is 290 g/mol. The van der Waals surface area contributed by atoms with Gasteiger partial charge in [-0.25, -0.2) is 14.2 Å². The standard InChI is InChI=1S/CH4N2O.CH2O3.ClH.2H3N.H3O4P/c2*2-1(3)4;;;;1-5(2,3)4/h(H4,2,3,4);(H2,2,3,4);1H;2*1H3;(H3,1,2,3,4). The average Bonchev–Trinajstić information content (AvgIpc) is 1.50. The van der Waals surface area contributed by atoms with Crippen molar-refractivity contribution < 1.29 is 39.0 Å². The van der Waals surface area contributed by atoms with Crippen LogP contribution >= 0.6 is 20.2 Å². The maximum Gasteiger partial charge on any atom is 0.503 e. The summed E-state index contributed by atoms with van der Waals surface area (Å²) in [5.41, 5.74) is 8.50. The molecule has 0 aliphatic heterocycles. The van der Waals surface area contributed by atoms with Crippen molar-refractivity contribution in [3.8, 4) is 0 Å². The molecule has 0 aromatic carbocycles. The van der Waals surface area contributed by atoms with Gasteiger partial charge in [-0.1, -0.05) is 0 Å². The van der Waals surface area contributed by atoms with Crippen molar-refractivity contribution in [3.05, 3.63) is 0 Å². The Morgan fingerprint density at radius 3 is 0.938 bits per heavy atom. The Labute approximate surface area is 96.1 Å². The molecule has 0 radical (unpaired) electrons. The average molecular weight is 291 g/mol. The molecule has 0 unspecified atom stereocenters. The first-order chi connectivity index (χ1) is 5.46. The van der Waals surface area contributed by atoms with E-state index in [1.807, 2.05) is 0 Å². The van der Waals surface area contributed by atoms with Crippen LogP contribution in [-0.2, 0) is 4.57 Å². The second kappa shape index (κ2) is 19.4. The quantitative estimate of drug-likeness (QED) is 0.247. The van der Waals surface area contributed by atoms with Crippen LogP contribution in [0.5, 0.6) is 0 Å². The number of carbonyl (C=O) groups is 2. The number of hydrogen-bond acceptors (Lipinski definition) is 5. The molecule has 0 rings (SSSR count). The van der Waals surface area contributed by atoms with E-state index >= 15 is 0 Å². The fraction of sp³-hybridized carbons (Fsp3) is 0. The van der Waals surface area contributed by atoms with Gasteiger partial charge in [0.1, 0.15) is 0 Å². The van der Waals surface area contributed by atoms with E-state index < -0.39 is 20.0 Å². The molecule has 0 spiro atoms. The molecule has 12 nitrogen and oxygen atoms in total. The lowest BCUT2D eigenvalue weighted by molar-refractivity contribution is 0.137. The minimum atomic E-state index is -4.64. The topological polar surface area (TPSA) is 274 Å². The molecule has 15 N–H and O–H groups in total. The number of carboxylic acid groups (broad SMARTS) is 2. The van der Waals surface area contributed by atoms with Gasteiger partial charge in [0.05, 0.1) is 0 Å². The van der Waals surface area contributed by atoms with Crippen LogP contribution in [0.2, 0.25) is 0 Å². The SMILES string of the molecule is Cl.N.N.NC(N)=O.O=C(O)O.O=P(O)(O)O. The number of nitrogens with two attached hydrogens (primary N) is 2. The van der Waals surface area contributed by atoms with Gasteiger partial charge in [-0.3, -0.25) is 0 Å². The van der Waals surface area contributed by atoms with Gasteiger partial charge < -0.3 is 48.7 Å². The minimum absolute atomic E-state index is 0. The zero-order valence-electron chi connectivity index (χ0n) is 7.89. The summed E-state index contributed by atoms with van der Waals surface area (Å²) < 4.78 is 8.88. The van der Waals surface area contributed by atoms with Crippen LogP contribution in [-0.4, -0.2) is 37.1 Å². The highest BCUT2D eigenvalue weighted by Crippen LogP contribution is 2.25. The van der Waals surface area contributed by atoms with Crippen LogP contribution in [0.3, 0.4) is 0 Å². The van der Waals surface area contributed by atoms with Crippen molar-refractivity contribution in [1.29, 1.82) is 0 Å². The lowest BCUT2D eigenvalue weighted by Gasteiger charge is -1.82. The van der Waals surface area contributed by atoms with Crippen LogP contribution < -0.4 is 23.8 Å². The molecule has 0 fully saturated rings. The zero-order valence-corrected chi connectivity index (χ0v) is 9.60. The molecule has 0 heterocycles. The molecule has 2 amide bonds. The summed E-state index contributed by atoms with van der Waals surface area (Å²) >= 11 is 0. The van der Waals surface area contributed by atoms with E-state index in [1.54, 1.807) is 0 Å². The van der Waals surface area contributed by atoms with Crippen molar-refractivity contribution in [3.63, 3.8) is 0 Å². The number of phosphoric acid groups is 1. The first kappa shape index (κ1) is 36.4. The molecule has 0 atom stereocenters. The molecule has 0 saturated heterocycles. The van der Waals surface area contributed by atoms with E-state index in [4.69, 9.17) is 39.0 Å². The van der Waals surface area contributed by atoms with E-state index in [0.717, 1.165) is 0 Å². The van der Waals surface area contributed by atoms with E-state index in [9.17, 15) is 0 Å². The van der Waals surface area contributed by atoms with Gasteiger partial charge in [-0.05, 0) is 0 Å². The molecule has 0 aliphatic carbocycles. The lowest BCUT2D eigenvalue weighted by atomic mass is 11.2. The fourth-order valence-corrected chi connectivity index (χ4v) is 0. The summed E-state index contributed by atoms with van der Waals surface area (Å²) in [6.45, 7) is 0. The van der Waals surface area contributed by atoms with E-state index in [-0.39, 0.29) is 24.7 Å². The molecule has 0 aromatic heterocycles. The van der Waals surface area contributed by atoms with E-state index in [0.29, 0.717) is 0 Å². The normalized spacial score (nSPS) is 6.69. The molecule has 0 saturated carbocycles. The smallest absolute Gasteiger partial charge is 0.450 e. The molecular formula is C2H16ClN4O8P. The summed E-state index contributed by atoms with van der Waals surface area (Å²) in [5, 5.41) is 13.9. The lowest BCUT2D eigenvalue weighted by Crippen LogP contribution is -2.18. The highest BCUT2D eigenvalue weighted by Gasteiger charge is 2.00. The van der Waals surface area contributed by atoms with E-state index in [1.165, 1.54) is 0 Å². The Bertz CT molecular complexity index is 178. The highest BCUT2D eigenvalue weighted by molar-refractivity contribution is 7.45. The third kappa shape index (κ3) is 1390. The Morgan fingerprint density at radius 1 is 0.938 bits per heavy atom. The molecular weight excluding hydrogens is 274 g/mol. The largest absolute Gasteiger partial charge is 0.503 e. The minimum Gasteiger partial charge on any atom is -0.450 e. The molecule has 104 valence electrons. The Morgan fingerprint density at radius 2 is 0.938 bits per heavy atom. The molecule has 0 bridgehead atoms. The fourth-order valence-electron chi connectivity index (χ4n) is 0. The first-order valence-electron chi connectivity index (χ1n) is 2.22. The summed E-state index contributed by atoms with van der Waals surface area (Å²) in [4.78, 5) is 39.1. The van der Waals surface area contributed by atoms with Crippen molar-refractivity contribution in [2.75, 3.05) is 0 Å². The third-order valence-corrected chi connectivity index (χ3v) is 0. The van der Waals surface area contributed by atoms with Crippen molar-refractivity contribution >= 4 is 32.4 Å². The second-order valence-corrected chi connectivity index (χ2v) is 2.22. The maximum absolute atomic E-state index is 9.00. The molecule has 0 aliphatic rings. The third-order valence-electron chi connectivity index (χ3n) is 0. The van der Waals surface area contributed by atoms with Gasteiger partial charge in [-0.2, -0.15) is 0 Å². The number of urea groups is 1. The van der Waals surface area contributed by atoms with Crippen LogP contribution in [0.15, 0.2) is 0 Å². The van der Waals surface area contributed by atoms with Gasteiger partial charge in [0, 0.05) is 0 Å². The zero-order chi connectivity index (χ0) is 11.7. The number of halogens is 1. The summed E-state index contributed by atoms with van der Waals surface area (Å²) in [7, 11) is -4.64. The number of rotatable bonds is 0. The molecule has 16 heavy (non-hydrogen) atoms. The Balaban J connectivity index is -0.0000000216. The van der Waals surface area contributed by atoms with Gasteiger partial charge >= 0.3 is 20.0 Å². The summed E-state index contributed by atoms with van der Waals surface area (Å²) in [6.07, 6.45) is -1.83. The number of primary amides is 2. The van der Waals surface area contributed by atoms with Crippen LogP contribution in [0.4, 0.5) is 9.59 Å². The number of carbonyl (C=O) groups excluding carboxylic acids is 1. The number of amides is 2. The van der Waals surface area contributed by atoms with Gasteiger partial charge in [0.25, 0.3) is 0 Å². The van der Waals surface area contributed by atoms with Crippen LogP contribution in [0.25, 0.3) is 0 Å². The van der Waals surface area contributed by atoms with Gasteiger partial charge in [0.2, 0.25) is 0 Å². The predicted molar refractivity (Wildman–Crippen MR) is 56.0 cm³/mol. The van der Waals surface area contributed by atoms with Gasteiger partial charge in [-0.15, -0.1) is 12.4 Å². The summed E-state index contributed by atoms with van der Waals surface area (Å²) in [5.74, 6) is 0. The van der Waals surface area contributed by atoms with Crippen molar-refractivity contribution in [1.82, 2.24) is 12.3 Å². The van der Waals surface area contributed by atoms with E-state index in [2.05, 4.69) is 11.5 Å². The molecule has 0 aromatic rings. The number of hydrogen-bond donors (Lipinski definition) is 9. The van der Waals surface area contributed by atoms with Crippen molar-refractivity contribution in [2.45, 2.75) is 0 Å². The maximum atomic E-state index is 9.00. The second-order valence-electron chi connectivity index (χ2n) is 1.20. The Kier molecular flexibility index (Phi) is 44.2. The summed E-state index contributed by atoms with van der Waals surface area (Å²) in [6, 6.07) is -0.833.